The molecule has 0 aliphatic carbocycles. The van der Waals surface area contributed by atoms with E-state index in [4.69, 9.17) is 23.2 Å². The zero-order valence-electron chi connectivity index (χ0n) is 15.7. The number of hydrogen-bond donors (Lipinski definition) is 1. The Morgan fingerprint density at radius 2 is 1.90 bits per heavy atom. The van der Waals surface area contributed by atoms with Crippen molar-refractivity contribution >= 4 is 50.6 Å². The summed E-state index contributed by atoms with van der Waals surface area (Å²) in [7, 11) is -3.88. The number of halogens is 2. The van der Waals surface area contributed by atoms with E-state index in [0.29, 0.717) is 30.6 Å². The first kappa shape index (κ1) is 21.8. The SMILES string of the molecule is CC(=O)c1cccc(NC(=O)[C@@H]2CCCN(S(=O)(=O)c3cc(Cl)ccc3Cl)C2)c1. The van der Waals surface area contributed by atoms with Crippen LogP contribution in [0.15, 0.2) is 47.4 Å². The van der Waals surface area contributed by atoms with Crippen molar-refractivity contribution in [2.75, 3.05) is 18.4 Å². The number of sulfonamides is 1. The fourth-order valence-corrected chi connectivity index (χ4v) is 5.51. The van der Waals surface area contributed by atoms with Gasteiger partial charge in [0.15, 0.2) is 5.78 Å². The largest absolute Gasteiger partial charge is 0.326 e. The number of nitrogens with zero attached hydrogens (tertiary/aromatic N) is 1. The molecule has 1 atom stereocenters. The Balaban J connectivity index is 1.76. The molecule has 0 unspecified atom stereocenters. The Labute approximate surface area is 179 Å². The molecule has 1 aliphatic rings. The van der Waals surface area contributed by atoms with Crippen molar-refractivity contribution in [2.45, 2.75) is 24.7 Å². The molecule has 1 saturated heterocycles. The van der Waals surface area contributed by atoms with E-state index in [1.165, 1.54) is 29.4 Å². The molecule has 0 bridgehead atoms. The monoisotopic (exact) mass is 454 g/mol. The van der Waals surface area contributed by atoms with Crippen LogP contribution in [0.5, 0.6) is 0 Å². The summed E-state index contributed by atoms with van der Waals surface area (Å²) < 4.78 is 27.3. The summed E-state index contributed by atoms with van der Waals surface area (Å²) in [5.74, 6) is -0.908. The van der Waals surface area contributed by atoms with E-state index in [-0.39, 0.29) is 33.2 Å². The quantitative estimate of drug-likeness (QED) is 0.684. The first-order valence-corrected chi connectivity index (χ1v) is 11.2. The van der Waals surface area contributed by atoms with Gasteiger partial charge in [-0.1, -0.05) is 35.3 Å². The third kappa shape index (κ3) is 4.98. The lowest BCUT2D eigenvalue weighted by molar-refractivity contribution is -0.120. The Hall–Kier alpha value is -1.93. The number of ketones is 1. The number of anilines is 1. The molecule has 1 fully saturated rings. The molecule has 6 nitrogen and oxygen atoms in total. The van der Waals surface area contributed by atoms with E-state index < -0.39 is 15.9 Å². The summed E-state index contributed by atoms with van der Waals surface area (Å²) in [4.78, 5) is 24.2. The van der Waals surface area contributed by atoms with Crippen molar-refractivity contribution in [3.63, 3.8) is 0 Å². The van der Waals surface area contributed by atoms with E-state index in [0.717, 1.165) is 0 Å². The second-order valence-corrected chi connectivity index (χ2v) is 9.65. The van der Waals surface area contributed by atoms with E-state index in [1.54, 1.807) is 24.3 Å². The topological polar surface area (TPSA) is 83.6 Å². The lowest BCUT2D eigenvalue weighted by Crippen LogP contribution is -2.43. The van der Waals surface area contributed by atoms with Gasteiger partial charge < -0.3 is 5.32 Å². The second kappa shape index (κ2) is 8.83. The van der Waals surface area contributed by atoms with Crippen LogP contribution in [0.1, 0.15) is 30.1 Å². The third-order valence-electron chi connectivity index (χ3n) is 4.80. The van der Waals surface area contributed by atoms with Gasteiger partial charge in [-0.05, 0) is 50.1 Å². The summed E-state index contributed by atoms with van der Waals surface area (Å²) in [6.45, 7) is 1.80. The molecule has 0 aromatic heterocycles. The van der Waals surface area contributed by atoms with E-state index in [9.17, 15) is 18.0 Å². The van der Waals surface area contributed by atoms with Crippen LogP contribution < -0.4 is 5.32 Å². The van der Waals surface area contributed by atoms with Gasteiger partial charge in [-0.3, -0.25) is 9.59 Å². The summed E-state index contributed by atoms with van der Waals surface area (Å²) >= 11 is 12.0. The van der Waals surface area contributed by atoms with Gasteiger partial charge in [0.1, 0.15) is 4.90 Å². The Kier molecular flexibility index (Phi) is 6.63. The summed E-state index contributed by atoms with van der Waals surface area (Å²) in [6, 6.07) is 10.9. The molecule has 0 spiro atoms. The van der Waals surface area contributed by atoms with Crippen molar-refractivity contribution in [1.82, 2.24) is 4.31 Å². The maximum Gasteiger partial charge on any atom is 0.244 e. The molecule has 2 aromatic rings. The van der Waals surface area contributed by atoms with Crippen LogP contribution in [0.25, 0.3) is 0 Å². The smallest absolute Gasteiger partial charge is 0.244 e. The molecule has 154 valence electrons. The fourth-order valence-electron chi connectivity index (χ4n) is 3.25. The van der Waals surface area contributed by atoms with Crippen LogP contribution in [0.2, 0.25) is 10.0 Å². The molecule has 9 heteroatoms. The predicted molar refractivity (Wildman–Crippen MR) is 113 cm³/mol. The minimum Gasteiger partial charge on any atom is -0.326 e. The van der Waals surface area contributed by atoms with Gasteiger partial charge in [-0.25, -0.2) is 8.42 Å². The highest BCUT2D eigenvalue weighted by Gasteiger charge is 2.34. The van der Waals surface area contributed by atoms with Gasteiger partial charge in [0.2, 0.25) is 15.9 Å². The number of Topliss-reactive ketones (excluding diaryl/α,β-unsaturated/α-hetero) is 1. The van der Waals surface area contributed by atoms with Crippen molar-refractivity contribution in [3.05, 3.63) is 58.1 Å². The van der Waals surface area contributed by atoms with Gasteiger partial charge in [0, 0.05) is 29.4 Å². The van der Waals surface area contributed by atoms with Crippen LogP contribution in [0, 0.1) is 5.92 Å². The van der Waals surface area contributed by atoms with Crippen molar-refractivity contribution < 1.29 is 18.0 Å². The standard InChI is InChI=1S/C20H20Cl2N2O4S/c1-13(25)14-4-2-6-17(10-14)23-20(26)15-5-3-9-24(12-15)29(27,28)19-11-16(21)7-8-18(19)22/h2,4,6-8,10-11,15H,3,5,9,12H2,1H3,(H,23,26)/t15-/m1/s1. The number of hydrogen-bond acceptors (Lipinski definition) is 4. The highest BCUT2D eigenvalue weighted by atomic mass is 35.5. The van der Waals surface area contributed by atoms with Crippen LogP contribution in [-0.2, 0) is 14.8 Å². The average Bonchev–Trinajstić information content (AvgIpc) is 2.70. The zero-order valence-corrected chi connectivity index (χ0v) is 18.0. The highest BCUT2D eigenvalue weighted by molar-refractivity contribution is 7.89. The van der Waals surface area contributed by atoms with E-state index >= 15 is 0 Å². The number of amides is 1. The molecule has 1 heterocycles. The lowest BCUT2D eigenvalue weighted by Gasteiger charge is -2.31. The maximum atomic E-state index is 13.0. The summed E-state index contributed by atoms with van der Waals surface area (Å²) in [6.07, 6.45) is 1.11. The number of benzene rings is 2. The van der Waals surface area contributed by atoms with Crippen molar-refractivity contribution in [2.24, 2.45) is 5.92 Å². The number of rotatable bonds is 5. The van der Waals surface area contributed by atoms with Crippen LogP contribution in [0.3, 0.4) is 0 Å². The number of carbonyl (C=O) groups excluding carboxylic acids is 2. The molecule has 1 N–H and O–H groups in total. The Bertz CT molecular complexity index is 1060. The molecule has 29 heavy (non-hydrogen) atoms. The maximum absolute atomic E-state index is 13.0. The average molecular weight is 455 g/mol. The minimum absolute atomic E-state index is 0.0450. The van der Waals surface area contributed by atoms with Crippen LogP contribution in [0.4, 0.5) is 5.69 Å². The molecular weight excluding hydrogens is 435 g/mol. The van der Waals surface area contributed by atoms with Gasteiger partial charge >= 0.3 is 0 Å². The van der Waals surface area contributed by atoms with Gasteiger partial charge in [-0.15, -0.1) is 0 Å². The Morgan fingerprint density at radius 1 is 1.14 bits per heavy atom. The van der Waals surface area contributed by atoms with E-state index in [2.05, 4.69) is 5.32 Å². The zero-order chi connectivity index (χ0) is 21.2. The van der Waals surface area contributed by atoms with Gasteiger partial charge in [0.05, 0.1) is 10.9 Å². The van der Waals surface area contributed by atoms with Crippen molar-refractivity contribution in [1.29, 1.82) is 0 Å². The molecular formula is C20H20Cl2N2O4S. The first-order valence-electron chi connectivity index (χ1n) is 9.05. The number of piperidine rings is 1. The van der Waals surface area contributed by atoms with Crippen LogP contribution in [-0.4, -0.2) is 37.5 Å². The van der Waals surface area contributed by atoms with Crippen molar-refractivity contribution in [3.8, 4) is 0 Å². The highest BCUT2D eigenvalue weighted by Crippen LogP contribution is 2.30. The predicted octanol–water partition coefficient (Wildman–Crippen LogP) is 4.24. The van der Waals surface area contributed by atoms with Gasteiger partial charge in [0.25, 0.3) is 0 Å². The Morgan fingerprint density at radius 3 is 2.62 bits per heavy atom. The van der Waals surface area contributed by atoms with Gasteiger partial charge in [-0.2, -0.15) is 4.31 Å². The molecule has 2 aromatic carbocycles. The first-order chi connectivity index (χ1) is 13.7. The van der Waals surface area contributed by atoms with Crippen LogP contribution >= 0.6 is 23.2 Å². The molecule has 3 rings (SSSR count). The minimum atomic E-state index is -3.88. The molecule has 1 amide bonds. The number of carbonyl (C=O) groups is 2. The normalized spacial score (nSPS) is 17.7. The van der Waals surface area contributed by atoms with E-state index in [1.807, 2.05) is 0 Å². The molecule has 1 aliphatic heterocycles. The molecule has 0 saturated carbocycles. The fraction of sp³-hybridized carbons (Fsp3) is 0.300. The third-order valence-corrected chi connectivity index (χ3v) is 7.38. The summed E-state index contributed by atoms with van der Waals surface area (Å²) in [5.41, 5.74) is 0.992. The second-order valence-electron chi connectivity index (χ2n) is 6.90. The number of nitrogens with one attached hydrogen (secondary N) is 1. The lowest BCUT2D eigenvalue weighted by atomic mass is 9.98. The summed E-state index contributed by atoms with van der Waals surface area (Å²) in [5, 5.41) is 3.13. The molecule has 0 radical (unpaired) electrons.